The Balaban J connectivity index is 1.26. The molecule has 2 heterocycles. The van der Waals surface area contributed by atoms with Gasteiger partial charge in [0.05, 0.1) is 17.4 Å². The van der Waals surface area contributed by atoms with Gasteiger partial charge in [0, 0.05) is 15.8 Å². The summed E-state index contributed by atoms with van der Waals surface area (Å²) in [7, 11) is 0. The van der Waals surface area contributed by atoms with Crippen LogP contribution in [0.25, 0.3) is 27.2 Å². The number of fused-ring (bicyclic) bond motifs is 5. The molecule has 2 N–H and O–H groups in total. The number of nitrogens with one attached hydrogen (secondary N) is 2. The normalized spacial score (nSPS) is 17.9. The second kappa shape index (κ2) is 9.99. The molecule has 2 unspecified atom stereocenters. The fraction of sp³-hybridized carbons (Fsp3) is 0.0541. The van der Waals surface area contributed by atoms with Crippen LogP contribution in [0.5, 0.6) is 0 Å². The van der Waals surface area contributed by atoms with Crippen molar-refractivity contribution in [3.63, 3.8) is 0 Å². The van der Waals surface area contributed by atoms with E-state index in [1.54, 1.807) is 0 Å². The number of benzene rings is 6. The molecule has 0 aliphatic carbocycles. The quantitative estimate of drug-likeness (QED) is 0.217. The van der Waals surface area contributed by atoms with Gasteiger partial charge < -0.3 is 10.6 Å². The molecule has 196 valence electrons. The molecule has 0 aromatic heterocycles. The number of hydrogen-bond donors (Lipinski definition) is 2. The van der Waals surface area contributed by atoms with Gasteiger partial charge in [-0.3, -0.25) is 0 Å². The van der Waals surface area contributed by atoms with Crippen LogP contribution >= 0.6 is 11.8 Å². The van der Waals surface area contributed by atoms with E-state index in [-0.39, 0.29) is 11.4 Å². The summed E-state index contributed by atoms with van der Waals surface area (Å²) in [4.78, 5) is 6.44. The Kier molecular flexibility index (Phi) is 5.86. The summed E-state index contributed by atoms with van der Waals surface area (Å²) in [6.45, 7) is 0. The van der Waals surface area contributed by atoms with Gasteiger partial charge in [0.15, 0.2) is 0 Å². The SMILES string of the molecule is C1=C(c2ccccc2)N=C(c2ccc3ccc4ccc5c(c4c3c2)NC(c2ccccc2)S5)NC1c1ccccc1. The van der Waals surface area contributed by atoms with Gasteiger partial charge in [-0.1, -0.05) is 133 Å². The average molecular weight is 546 g/mol. The summed E-state index contributed by atoms with van der Waals surface area (Å²) in [6.07, 6.45) is 2.22. The van der Waals surface area contributed by atoms with Crippen molar-refractivity contribution in [1.29, 1.82) is 0 Å². The average Bonchev–Trinajstić information content (AvgIpc) is 3.50. The van der Waals surface area contributed by atoms with E-state index < -0.39 is 0 Å². The van der Waals surface area contributed by atoms with Gasteiger partial charge in [0.2, 0.25) is 0 Å². The molecule has 3 nitrogen and oxygen atoms in total. The first-order chi connectivity index (χ1) is 20.3. The van der Waals surface area contributed by atoms with Crippen LogP contribution in [-0.2, 0) is 0 Å². The van der Waals surface area contributed by atoms with Crippen molar-refractivity contribution in [3.8, 4) is 0 Å². The summed E-state index contributed by atoms with van der Waals surface area (Å²) in [6, 6.07) is 47.4. The molecule has 2 aliphatic heterocycles. The predicted molar refractivity (Wildman–Crippen MR) is 173 cm³/mol. The maximum atomic E-state index is 5.16. The fourth-order valence-corrected chi connectivity index (χ4v) is 7.03. The summed E-state index contributed by atoms with van der Waals surface area (Å²) < 4.78 is 0. The molecule has 6 aromatic carbocycles. The first-order valence-corrected chi connectivity index (χ1v) is 14.8. The van der Waals surface area contributed by atoms with Gasteiger partial charge in [0.25, 0.3) is 0 Å². The minimum Gasteiger partial charge on any atom is -0.368 e. The van der Waals surface area contributed by atoms with Gasteiger partial charge in [0.1, 0.15) is 11.2 Å². The van der Waals surface area contributed by atoms with Crippen LogP contribution in [-0.4, -0.2) is 5.84 Å². The third-order valence-corrected chi connectivity index (χ3v) is 9.16. The van der Waals surface area contributed by atoms with Crippen LogP contribution in [0, 0.1) is 0 Å². The van der Waals surface area contributed by atoms with Crippen molar-refractivity contribution < 1.29 is 0 Å². The highest BCUT2D eigenvalue weighted by molar-refractivity contribution is 8.00. The first kappa shape index (κ1) is 24.0. The molecule has 0 saturated carbocycles. The molecule has 0 fully saturated rings. The number of rotatable bonds is 4. The van der Waals surface area contributed by atoms with E-state index in [4.69, 9.17) is 4.99 Å². The Morgan fingerprint density at radius 2 is 1.24 bits per heavy atom. The predicted octanol–water partition coefficient (Wildman–Crippen LogP) is 9.34. The third-order valence-electron chi connectivity index (χ3n) is 7.94. The monoisotopic (exact) mass is 545 g/mol. The van der Waals surface area contributed by atoms with Crippen molar-refractivity contribution in [1.82, 2.24) is 5.32 Å². The Hall–Kier alpha value is -4.80. The Labute approximate surface area is 243 Å². The minimum absolute atomic E-state index is 0.0241. The lowest BCUT2D eigenvalue weighted by Gasteiger charge is -2.24. The van der Waals surface area contributed by atoms with Gasteiger partial charge in [-0.05, 0) is 51.1 Å². The highest BCUT2D eigenvalue weighted by Gasteiger charge is 2.26. The number of thioether (sulfide) groups is 1. The topological polar surface area (TPSA) is 36.4 Å². The van der Waals surface area contributed by atoms with Crippen molar-refractivity contribution in [2.45, 2.75) is 16.3 Å². The van der Waals surface area contributed by atoms with Crippen molar-refractivity contribution in [2.24, 2.45) is 4.99 Å². The van der Waals surface area contributed by atoms with Crippen molar-refractivity contribution in [3.05, 3.63) is 162 Å². The highest BCUT2D eigenvalue weighted by Crippen LogP contribution is 2.50. The molecule has 0 saturated heterocycles. The minimum atomic E-state index is 0.0241. The van der Waals surface area contributed by atoms with Crippen molar-refractivity contribution in [2.75, 3.05) is 5.32 Å². The molecule has 0 spiro atoms. The van der Waals surface area contributed by atoms with E-state index in [1.165, 1.54) is 43.3 Å². The molecule has 4 heteroatoms. The molecular weight excluding hydrogens is 518 g/mol. The lowest BCUT2D eigenvalue weighted by atomic mass is 9.96. The molecule has 0 radical (unpaired) electrons. The molecular formula is C37H27N3S. The lowest BCUT2D eigenvalue weighted by molar-refractivity contribution is 0.781. The first-order valence-electron chi connectivity index (χ1n) is 14.0. The second-order valence-electron chi connectivity index (χ2n) is 10.5. The standard InChI is InChI=1S/C37H27N3S/c1-4-10-25(11-5-1)31-23-32(26-12-6-2-7-13-26)39-36(38-31)29-19-17-24-16-18-27-20-21-33-35(34(27)30(24)22-29)40-37(41-33)28-14-8-3-9-15-28/h1-23,31,37,40H,(H,38,39). The fourth-order valence-electron chi connectivity index (χ4n) is 5.88. The summed E-state index contributed by atoms with van der Waals surface area (Å²) in [5, 5.41) is 12.7. The zero-order valence-corrected chi connectivity index (χ0v) is 23.1. The van der Waals surface area contributed by atoms with E-state index in [0.717, 1.165) is 22.7 Å². The number of amidine groups is 1. The molecule has 41 heavy (non-hydrogen) atoms. The molecule has 2 atom stereocenters. The zero-order valence-electron chi connectivity index (χ0n) is 22.3. The number of hydrogen-bond acceptors (Lipinski definition) is 4. The molecule has 6 aromatic rings. The van der Waals surface area contributed by atoms with Crippen LogP contribution in [0.2, 0.25) is 0 Å². The zero-order chi connectivity index (χ0) is 27.2. The van der Waals surface area contributed by atoms with E-state index in [0.29, 0.717) is 0 Å². The second-order valence-corrected chi connectivity index (χ2v) is 11.6. The van der Waals surface area contributed by atoms with Gasteiger partial charge in [-0.15, -0.1) is 0 Å². The van der Waals surface area contributed by atoms with Gasteiger partial charge in [-0.2, -0.15) is 0 Å². The van der Waals surface area contributed by atoms with Gasteiger partial charge >= 0.3 is 0 Å². The summed E-state index contributed by atoms with van der Waals surface area (Å²) >= 11 is 1.89. The Morgan fingerprint density at radius 1 is 0.585 bits per heavy atom. The van der Waals surface area contributed by atoms with E-state index in [9.17, 15) is 0 Å². The van der Waals surface area contributed by atoms with Crippen molar-refractivity contribution >= 4 is 50.5 Å². The van der Waals surface area contributed by atoms with Crippen LogP contribution in [0.4, 0.5) is 5.69 Å². The van der Waals surface area contributed by atoms with Crippen LogP contribution in [0.3, 0.4) is 0 Å². The Bertz CT molecular complexity index is 1960. The maximum absolute atomic E-state index is 5.16. The van der Waals surface area contributed by atoms with E-state index in [1.807, 2.05) is 17.8 Å². The molecule has 2 aliphatic rings. The molecule has 0 amide bonds. The maximum Gasteiger partial charge on any atom is 0.134 e. The third kappa shape index (κ3) is 4.37. The largest absolute Gasteiger partial charge is 0.368 e. The van der Waals surface area contributed by atoms with Gasteiger partial charge in [-0.25, -0.2) is 4.99 Å². The van der Waals surface area contributed by atoms with E-state index >= 15 is 0 Å². The lowest BCUT2D eigenvalue weighted by Crippen LogP contribution is -2.31. The summed E-state index contributed by atoms with van der Waals surface area (Å²) in [5.41, 5.74) is 6.90. The number of anilines is 1. The van der Waals surface area contributed by atoms with Crippen LogP contribution in [0.15, 0.2) is 149 Å². The smallest absolute Gasteiger partial charge is 0.134 e. The van der Waals surface area contributed by atoms with E-state index in [2.05, 4.69) is 144 Å². The van der Waals surface area contributed by atoms with Crippen LogP contribution < -0.4 is 10.6 Å². The molecule has 0 bridgehead atoms. The molecule has 8 rings (SSSR count). The number of aliphatic imine (C=N–C) groups is 1. The summed E-state index contributed by atoms with van der Waals surface area (Å²) in [5.74, 6) is 0.885. The van der Waals surface area contributed by atoms with Crippen LogP contribution in [0.1, 0.15) is 33.7 Å². The Morgan fingerprint density at radius 3 is 2.02 bits per heavy atom. The highest BCUT2D eigenvalue weighted by atomic mass is 32.2. The number of nitrogens with zero attached hydrogens (tertiary/aromatic N) is 1.